The fraction of sp³-hybridized carbons (Fsp3) is 0.0667. The summed E-state index contributed by atoms with van der Waals surface area (Å²) in [7, 11) is 0. The highest BCUT2D eigenvalue weighted by molar-refractivity contribution is 6.68. The molecule has 394 valence electrons. The number of benzene rings is 8. The van der Waals surface area contributed by atoms with Crippen molar-refractivity contribution >= 4 is 57.6 Å². The predicted molar refractivity (Wildman–Crippen MR) is 288 cm³/mol. The number of amides is 1. The largest absolute Gasteiger partial charge is 0.507 e. The number of ether oxygens (including phenoxy) is 4. The second-order valence-corrected chi connectivity index (χ2v) is 17.1. The van der Waals surface area contributed by atoms with Gasteiger partial charge >= 0.3 is 23.9 Å². The van der Waals surface area contributed by atoms with Crippen LogP contribution in [0.5, 0.6) is 40.2 Å². The summed E-state index contributed by atoms with van der Waals surface area (Å²) in [5, 5.41) is 27.5. The number of rotatable bonds is 3. The molecule has 78 heavy (non-hydrogen) atoms. The van der Waals surface area contributed by atoms with E-state index in [1.165, 1.54) is 78.9 Å². The quantitative estimate of drug-likeness (QED) is 0.0727. The third kappa shape index (κ3) is 15.3. The first-order valence-electron chi connectivity index (χ1n) is 23.4. The van der Waals surface area contributed by atoms with Crippen molar-refractivity contribution in [2.45, 2.75) is 20.8 Å². The zero-order valence-corrected chi connectivity index (χ0v) is 42.5. The van der Waals surface area contributed by atoms with Crippen molar-refractivity contribution in [3.63, 3.8) is 0 Å². The predicted octanol–water partition coefficient (Wildman–Crippen LogP) is 11.4. The van der Waals surface area contributed by atoms with Gasteiger partial charge in [0.25, 0.3) is 16.7 Å². The molecule has 1 amide bonds. The van der Waals surface area contributed by atoms with E-state index in [-0.39, 0.29) is 85.1 Å². The molecule has 1 aliphatic heterocycles. The van der Waals surface area contributed by atoms with Gasteiger partial charge in [0.05, 0.1) is 22.1 Å². The highest BCUT2D eigenvalue weighted by atomic mass is 35.5. The van der Waals surface area contributed by atoms with E-state index >= 15 is 0 Å². The van der Waals surface area contributed by atoms with Gasteiger partial charge in [0.15, 0.2) is 0 Å². The van der Waals surface area contributed by atoms with Crippen molar-refractivity contribution in [1.82, 2.24) is 4.98 Å². The molecule has 8 aromatic carbocycles. The monoisotopic (exact) mass is 1070 g/mol. The lowest BCUT2D eigenvalue weighted by atomic mass is 10.1. The van der Waals surface area contributed by atoms with Crippen molar-refractivity contribution < 1.29 is 67.5 Å². The smallest absolute Gasteiger partial charge is 0.347 e. The fourth-order valence-electron chi connectivity index (χ4n) is 6.62. The number of primary amides is 1. The number of halogens is 1. The van der Waals surface area contributed by atoms with E-state index in [2.05, 4.69) is 25.8 Å². The third-order valence-electron chi connectivity index (χ3n) is 10.2. The molecule has 10 rings (SSSR count). The Labute approximate surface area is 450 Å². The van der Waals surface area contributed by atoms with Crippen LogP contribution in [0.25, 0.3) is 22.4 Å². The topological polar surface area (TPSA) is 269 Å². The van der Waals surface area contributed by atoms with Crippen molar-refractivity contribution in [3.05, 3.63) is 238 Å². The standard InChI is InChI=1S/C28H16O8.C14H9NO3.C7H5ClO2.C7H7NO2.C4H10/c29-25-17-9-1-5-13-21(17)33-26(30)19-11-3-7-15-23(19)35-28(32)20-12-4-8-16-24(20)36-27(31)18-10-2-6-14-22(18)34-25;16-11-7-3-1-5-9(11)14-15-13(17)10-6-2-4-8-12(10)18-14;2*8-7(10)5-3-1-2-4-6(5)9;1-4(2)3/h1-16H;1-8,16H;1-4,9H;1-4,9H,(H2,8,10);4H,1-3H3. The van der Waals surface area contributed by atoms with Gasteiger partial charge in [0.1, 0.15) is 68.1 Å². The average molecular weight is 1070 g/mol. The fourth-order valence-corrected chi connectivity index (χ4v) is 6.78. The van der Waals surface area contributed by atoms with E-state index in [1.807, 2.05) is 0 Å². The number of esters is 4. The highest BCUT2D eigenvalue weighted by Crippen LogP contribution is 2.31. The molecule has 0 saturated carbocycles. The molecular formula is C60H47ClN2O15. The minimum absolute atomic E-state index is 0.0310. The Morgan fingerprint density at radius 1 is 0.436 bits per heavy atom. The van der Waals surface area contributed by atoms with E-state index in [0.717, 1.165) is 5.92 Å². The maximum Gasteiger partial charge on any atom is 0.347 e. The first-order chi connectivity index (χ1) is 37.4. The van der Waals surface area contributed by atoms with Crippen LogP contribution in [0.15, 0.2) is 203 Å². The van der Waals surface area contributed by atoms with Crippen molar-refractivity contribution in [3.8, 4) is 51.7 Å². The number of carbonyl (C=O) groups excluding carboxylic acids is 6. The van der Waals surface area contributed by atoms with Crippen LogP contribution in [-0.4, -0.2) is 55.3 Å². The zero-order valence-electron chi connectivity index (χ0n) is 41.7. The lowest BCUT2D eigenvalue weighted by molar-refractivity contribution is 0.0685. The van der Waals surface area contributed by atoms with Crippen LogP contribution < -0.4 is 30.2 Å². The number of hydrogen-bond donors (Lipinski definition) is 4. The second-order valence-electron chi connectivity index (χ2n) is 16.8. The summed E-state index contributed by atoms with van der Waals surface area (Å²) >= 11 is 5.11. The number of hydrogen-bond acceptors (Lipinski definition) is 16. The summed E-state index contributed by atoms with van der Waals surface area (Å²) in [5.74, 6) is -3.52. The number of carbonyl (C=O) groups is 6. The number of nitrogens with two attached hydrogens (primary N) is 1. The molecule has 0 spiro atoms. The Balaban J connectivity index is 0.000000192. The summed E-state index contributed by atoms with van der Waals surface area (Å²) in [4.78, 5) is 88.7. The minimum Gasteiger partial charge on any atom is -0.507 e. The number of phenolic OH excluding ortho intramolecular Hbond substituents is 2. The van der Waals surface area contributed by atoms with Crippen LogP contribution in [-0.2, 0) is 0 Å². The van der Waals surface area contributed by atoms with Gasteiger partial charge in [0, 0.05) is 0 Å². The van der Waals surface area contributed by atoms with Gasteiger partial charge in [-0.25, -0.2) is 19.2 Å². The molecule has 0 radical (unpaired) electrons. The SMILES string of the molecule is CC(C)C.NC(=O)c1ccccc1O.O=C(Cl)c1ccccc1O.O=C1Oc2ccccc2C(=O)Oc2ccccc2C(=O)Oc2ccccc2C(=O)Oc2ccccc21.O=c1nc(-c2ccccc2O)oc2ccccc12. The lowest BCUT2D eigenvalue weighted by Crippen LogP contribution is -2.19. The highest BCUT2D eigenvalue weighted by Gasteiger charge is 2.26. The van der Waals surface area contributed by atoms with E-state index in [4.69, 9.17) is 50.9 Å². The van der Waals surface area contributed by atoms with E-state index in [9.17, 15) is 38.7 Å². The summed E-state index contributed by atoms with van der Waals surface area (Å²) in [6.45, 7) is 6.50. The van der Waals surface area contributed by atoms with Crippen LogP contribution >= 0.6 is 11.6 Å². The summed E-state index contributed by atoms with van der Waals surface area (Å²) in [6, 6.07) is 49.7. The van der Waals surface area contributed by atoms with Crippen LogP contribution in [0.1, 0.15) is 82.9 Å². The molecule has 5 N–H and O–H groups in total. The van der Waals surface area contributed by atoms with Gasteiger partial charge in [-0.15, -0.1) is 0 Å². The Bertz CT molecular complexity index is 3420. The molecule has 0 aliphatic carbocycles. The van der Waals surface area contributed by atoms with E-state index in [1.54, 1.807) is 115 Å². The molecule has 0 unspecified atom stereocenters. The van der Waals surface area contributed by atoms with Crippen molar-refractivity contribution in [1.29, 1.82) is 0 Å². The van der Waals surface area contributed by atoms with Crippen molar-refractivity contribution in [2.24, 2.45) is 11.7 Å². The lowest BCUT2D eigenvalue weighted by Gasteiger charge is -2.15. The second kappa shape index (κ2) is 27.2. The van der Waals surface area contributed by atoms with Gasteiger partial charge in [-0.2, -0.15) is 4.98 Å². The minimum atomic E-state index is -0.856. The maximum atomic E-state index is 13.0. The molecular weight excluding hydrogens is 1020 g/mol. The van der Waals surface area contributed by atoms with Gasteiger partial charge in [-0.05, 0) is 115 Å². The molecule has 1 aromatic heterocycles. The van der Waals surface area contributed by atoms with Gasteiger partial charge < -0.3 is 44.4 Å². The van der Waals surface area contributed by atoms with Gasteiger partial charge in [-0.1, -0.05) is 118 Å². The third-order valence-corrected chi connectivity index (χ3v) is 10.4. The summed E-state index contributed by atoms with van der Waals surface area (Å²) in [6.07, 6.45) is 0. The van der Waals surface area contributed by atoms with E-state index in [0.29, 0.717) is 16.5 Å². The Kier molecular flexibility index (Phi) is 19.9. The molecule has 0 fully saturated rings. The Hall–Kier alpha value is -10.4. The first-order valence-corrected chi connectivity index (χ1v) is 23.8. The number of aromatic hydroxyl groups is 3. The van der Waals surface area contributed by atoms with Gasteiger partial charge in [-0.3, -0.25) is 14.4 Å². The Morgan fingerprint density at radius 2 is 0.744 bits per heavy atom. The average Bonchev–Trinajstić information content (AvgIpc) is 3.43. The normalized spacial score (nSPS) is 11.6. The molecule has 17 nitrogen and oxygen atoms in total. The molecule has 0 saturated heterocycles. The molecule has 18 heteroatoms. The zero-order chi connectivity index (χ0) is 56.3. The Morgan fingerprint density at radius 3 is 1.08 bits per heavy atom. The van der Waals surface area contributed by atoms with Crippen LogP contribution in [0.2, 0.25) is 0 Å². The van der Waals surface area contributed by atoms with Crippen LogP contribution in [0.4, 0.5) is 0 Å². The van der Waals surface area contributed by atoms with Crippen LogP contribution in [0.3, 0.4) is 0 Å². The number of para-hydroxylation sites is 8. The number of fused-ring (bicyclic) bond motifs is 5. The van der Waals surface area contributed by atoms with Gasteiger partial charge in [0.2, 0.25) is 5.89 Å². The van der Waals surface area contributed by atoms with Crippen molar-refractivity contribution in [2.75, 3.05) is 0 Å². The number of nitrogens with zero attached hydrogens (tertiary/aromatic N) is 1. The first kappa shape index (κ1) is 56.9. The molecule has 0 atom stereocenters. The molecule has 0 bridgehead atoms. The maximum absolute atomic E-state index is 13.0. The van der Waals surface area contributed by atoms with Crippen LogP contribution in [0, 0.1) is 5.92 Å². The number of aromatic nitrogens is 1. The number of phenols is 3. The molecule has 9 aromatic rings. The van der Waals surface area contributed by atoms with E-state index < -0.39 is 35.0 Å². The molecule has 1 aliphatic rings. The summed E-state index contributed by atoms with van der Waals surface area (Å²) in [5.41, 5.74) is 5.49. The summed E-state index contributed by atoms with van der Waals surface area (Å²) < 4.78 is 27.5. The molecule has 2 heterocycles.